The molecule has 2 rings (SSSR count). The van der Waals surface area contributed by atoms with Crippen molar-refractivity contribution in [1.82, 2.24) is 9.47 Å². The second-order valence-electron chi connectivity index (χ2n) is 4.91. The Balaban J connectivity index is 2.43. The molecule has 0 radical (unpaired) electrons. The molecule has 106 valence electrons. The van der Waals surface area contributed by atoms with E-state index < -0.39 is 0 Å². The number of hydrogen-bond acceptors (Lipinski definition) is 4. The van der Waals surface area contributed by atoms with Crippen LogP contribution in [0.4, 0.5) is 0 Å². The van der Waals surface area contributed by atoms with Crippen LogP contribution in [0.2, 0.25) is 0 Å². The van der Waals surface area contributed by atoms with Gasteiger partial charge >= 0.3 is 0 Å². The quantitative estimate of drug-likeness (QED) is 0.833. The lowest BCUT2D eigenvalue weighted by molar-refractivity contribution is 0.183. The summed E-state index contributed by atoms with van der Waals surface area (Å²) in [5.74, 6) is 0. The van der Waals surface area contributed by atoms with Crippen LogP contribution >= 0.6 is 0 Å². The summed E-state index contributed by atoms with van der Waals surface area (Å²) in [6.07, 6.45) is 0.924. The van der Waals surface area contributed by atoms with Crippen LogP contribution in [0, 0.1) is 0 Å². The molecule has 0 spiro atoms. The predicted octanol–water partition coefficient (Wildman–Crippen LogP) is 0.331. The Morgan fingerprint density at radius 2 is 2.26 bits per heavy atom. The van der Waals surface area contributed by atoms with Crippen LogP contribution in [0.3, 0.4) is 0 Å². The number of fused-ring (bicyclic) bond motifs is 1. The van der Waals surface area contributed by atoms with E-state index in [1.54, 1.807) is 7.11 Å². The SMILES string of the molecule is CCN1CCc2c(cc(CN)c(=O)n2CCOC)C1. The van der Waals surface area contributed by atoms with Gasteiger partial charge in [-0.2, -0.15) is 0 Å². The second-order valence-corrected chi connectivity index (χ2v) is 4.91. The van der Waals surface area contributed by atoms with Crippen LogP contribution in [0.15, 0.2) is 10.9 Å². The molecule has 0 bridgehead atoms. The van der Waals surface area contributed by atoms with E-state index in [1.807, 2.05) is 10.6 Å². The van der Waals surface area contributed by atoms with Gasteiger partial charge in [0.05, 0.1) is 6.61 Å². The second kappa shape index (κ2) is 6.32. The average molecular weight is 265 g/mol. The Hall–Kier alpha value is -1.17. The van der Waals surface area contributed by atoms with Gasteiger partial charge < -0.3 is 15.0 Å². The molecule has 0 amide bonds. The number of rotatable bonds is 5. The third-order valence-electron chi connectivity index (χ3n) is 3.81. The van der Waals surface area contributed by atoms with Crippen molar-refractivity contribution in [1.29, 1.82) is 0 Å². The largest absolute Gasteiger partial charge is 0.383 e. The first-order valence-corrected chi connectivity index (χ1v) is 6.87. The van der Waals surface area contributed by atoms with Crippen molar-refractivity contribution < 1.29 is 4.74 Å². The van der Waals surface area contributed by atoms with Crippen LogP contribution in [0.5, 0.6) is 0 Å². The van der Waals surface area contributed by atoms with Gasteiger partial charge in [-0.15, -0.1) is 0 Å². The fraction of sp³-hybridized carbons (Fsp3) is 0.643. The zero-order chi connectivity index (χ0) is 13.8. The van der Waals surface area contributed by atoms with E-state index in [0.29, 0.717) is 25.3 Å². The van der Waals surface area contributed by atoms with Crippen molar-refractivity contribution in [3.05, 3.63) is 33.2 Å². The van der Waals surface area contributed by atoms with Crippen LogP contribution in [-0.2, 0) is 30.8 Å². The monoisotopic (exact) mass is 265 g/mol. The smallest absolute Gasteiger partial charge is 0.255 e. The summed E-state index contributed by atoms with van der Waals surface area (Å²) in [7, 11) is 1.66. The average Bonchev–Trinajstić information content (AvgIpc) is 2.45. The van der Waals surface area contributed by atoms with E-state index in [0.717, 1.165) is 31.7 Å². The van der Waals surface area contributed by atoms with Gasteiger partial charge in [0.25, 0.3) is 5.56 Å². The summed E-state index contributed by atoms with van der Waals surface area (Å²) < 4.78 is 6.96. The van der Waals surface area contributed by atoms with Crippen LogP contribution < -0.4 is 11.3 Å². The fourth-order valence-electron chi connectivity index (χ4n) is 2.68. The maximum absolute atomic E-state index is 12.3. The van der Waals surface area contributed by atoms with Crippen molar-refractivity contribution in [2.24, 2.45) is 5.73 Å². The fourth-order valence-corrected chi connectivity index (χ4v) is 2.68. The highest BCUT2D eigenvalue weighted by atomic mass is 16.5. The molecule has 2 heterocycles. The van der Waals surface area contributed by atoms with E-state index in [4.69, 9.17) is 10.5 Å². The topological polar surface area (TPSA) is 60.5 Å². The van der Waals surface area contributed by atoms with E-state index >= 15 is 0 Å². The summed E-state index contributed by atoms with van der Waals surface area (Å²) in [5.41, 5.74) is 8.83. The van der Waals surface area contributed by atoms with Gasteiger partial charge in [0.15, 0.2) is 0 Å². The highest BCUT2D eigenvalue weighted by molar-refractivity contribution is 5.29. The Kier molecular flexibility index (Phi) is 4.74. The summed E-state index contributed by atoms with van der Waals surface area (Å²) in [5, 5.41) is 0. The molecule has 0 fully saturated rings. The molecule has 1 aliphatic heterocycles. The number of likely N-dealkylation sites (N-methyl/N-ethyl adjacent to an activating group) is 1. The lowest BCUT2D eigenvalue weighted by atomic mass is 10.0. The molecule has 0 saturated heterocycles. The molecule has 0 aromatic carbocycles. The summed E-state index contributed by atoms with van der Waals surface area (Å²) in [6.45, 7) is 6.58. The molecule has 2 N–H and O–H groups in total. The van der Waals surface area contributed by atoms with E-state index in [-0.39, 0.29) is 5.56 Å². The molecule has 5 nitrogen and oxygen atoms in total. The van der Waals surface area contributed by atoms with Gasteiger partial charge in [-0.05, 0) is 18.2 Å². The molecule has 0 atom stereocenters. The molecule has 0 aliphatic carbocycles. The highest BCUT2D eigenvalue weighted by Gasteiger charge is 2.20. The number of nitrogens with zero attached hydrogens (tertiary/aromatic N) is 2. The van der Waals surface area contributed by atoms with Crippen LogP contribution in [0.25, 0.3) is 0 Å². The normalized spacial score (nSPS) is 15.5. The molecule has 0 unspecified atom stereocenters. The zero-order valence-corrected chi connectivity index (χ0v) is 11.8. The minimum atomic E-state index is 0.0447. The van der Waals surface area contributed by atoms with Crippen molar-refractivity contribution in [2.75, 3.05) is 26.8 Å². The molecule has 1 aromatic rings. The standard InChI is InChI=1S/C14H23N3O2/c1-3-16-5-4-13-12(10-16)8-11(9-15)14(18)17(13)6-7-19-2/h8H,3-7,9-10,15H2,1-2H3. The number of methoxy groups -OCH3 is 1. The van der Waals surface area contributed by atoms with Gasteiger partial charge in [-0.25, -0.2) is 0 Å². The molecular formula is C14H23N3O2. The predicted molar refractivity (Wildman–Crippen MR) is 75.1 cm³/mol. The number of pyridine rings is 1. The summed E-state index contributed by atoms with van der Waals surface area (Å²) in [4.78, 5) is 14.7. The Labute approximate surface area is 114 Å². The van der Waals surface area contributed by atoms with Gasteiger partial charge in [-0.3, -0.25) is 9.69 Å². The van der Waals surface area contributed by atoms with Gasteiger partial charge in [0.2, 0.25) is 0 Å². The first kappa shape index (κ1) is 14.2. The lowest BCUT2D eigenvalue weighted by Crippen LogP contribution is -2.37. The Morgan fingerprint density at radius 1 is 1.47 bits per heavy atom. The van der Waals surface area contributed by atoms with Crippen molar-refractivity contribution in [3.8, 4) is 0 Å². The van der Waals surface area contributed by atoms with Crippen LogP contribution in [-0.4, -0.2) is 36.3 Å². The van der Waals surface area contributed by atoms with E-state index in [2.05, 4.69) is 11.8 Å². The number of aromatic nitrogens is 1. The highest BCUT2D eigenvalue weighted by Crippen LogP contribution is 2.18. The first-order valence-electron chi connectivity index (χ1n) is 6.87. The van der Waals surface area contributed by atoms with Crippen molar-refractivity contribution >= 4 is 0 Å². The molecular weight excluding hydrogens is 242 g/mol. The molecule has 1 aromatic heterocycles. The number of hydrogen-bond donors (Lipinski definition) is 1. The van der Waals surface area contributed by atoms with Gasteiger partial charge in [0.1, 0.15) is 0 Å². The molecule has 0 saturated carbocycles. The third-order valence-corrected chi connectivity index (χ3v) is 3.81. The molecule has 1 aliphatic rings. The molecule has 5 heteroatoms. The van der Waals surface area contributed by atoms with Crippen LogP contribution in [0.1, 0.15) is 23.7 Å². The lowest BCUT2D eigenvalue weighted by Gasteiger charge is -2.30. The van der Waals surface area contributed by atoms with E-state index in [9.17, 15) is 4.79 Å². The van der Waals surface area contributed by atoms with E-state index in [1.165, 1.54) is 5.56 Å². The maximum atomic E-state index is 12.3. The maximum Gasteiger partial charge on any atom is 0.255 e. The number of ether oxygens (including phenoxy) is 1. The number of nitrogens with two attached hydrogens (primary N) is 1. The molecule has 19 heavy (non-hydrogen) atoms. The summed E-state index contributed by atoms with van der Waals surface area (Å²) >= 11 is 0. The third kappa shape index (κ3) is 2.88. The minimum absolute atomic E-state index is 0.0447. The van der Waals surface area contributed by atoms with Crippen molar-refractivity contribution in [3.63, 3.8) is 0 Å². The summed E-state index contributed by atoms with van der Waals surface area (Å²) in [6, 6.07) is 1.99. The Bertz CT molecular complexity index is 496. The zero-order valence-electron chi connectivity index (χ0n) is 11.8. The van der Waals surface area contributed by atoms with Gasteiger partial charge in [0, 0.05) is 51.0 Å². The Morgan fingerprint density at radius 3 is 2.89 bits per heavy atom. The van der Waals surface area contributed by atoms with Crippen molar-refractivity contribution in [2.45, 2.75) is 33.0 Å². The first-order chi connectivity index (χ1) is 9.21. The van der Waals surface area contributed by atoms with Gasteiger partial charge in [-0.1, -0.05) is 6.92 Å². The minimum Gasteiger partial charge on any atom is -0.383 e.